The Morgan fingerprint density at radius 1 is 0.228 bits per heavy atom. The van der Waals surface area contributed by atoms with Gasteiger partial charge in [-0.3, -0.25) is 0 Å². The van der Waals surface area contributed by atoms with Crippen LogP contribution in [0, 0.1) is 0 Å². The fourth-order valence-corrected chi connectivity index (χ4v) is 9.41. The normalized spacial score (nSPS) is 11.9. The highest BCUT2D eigenvalue weighted by Gasteiger charge is 2.22. The molecule has 0 aliphatic carbocycles. The van der Waals surface area contributed by atoms with Crippen LogP contribution in [0.5, 0.6) is 0 Å². The number of hydrogen-bond donors (Lipinski definition) is 0. The third-order valence-electron chi connectivity index (χ3n) is 11.8. The van der Waals surface area contributed by atoms with E-state index in [0.29, 0.717) is 0 Å². The van der Waals surface area contributed by atoms with Crippen molar-refractivity contribution in [3.63, 3.8) is 0 Å². The Morgan fingerprint density at radius 3 is 1.21 bits per heavy atom. The first-order valence-corrected chi connectivity index (χ1v) is 19.6. The van der Waals surface area contributed by atoms with E-state index in [-0.39, 0.29) is 0 Å². The summed E-state index contributed by atoms with van der Waals surface area (Å²) >= 11 is 0. The first-order chi connectivity index (χ1) is 28.3. The molecule has 266 valence electrons. The minimum atomic E-state index is 1.12. The van der Waals surface area contributed by atoms with E-state index in [9.17, 15) is 0 Å². The van der Waals surface area contributed by atoms with Gasteiger partial charge < -0.3 is 13.7 Å². The molecule has 57 heavy (non-hydrogen) atoms. The minimum absolute atomic E-state index is 1.12. The van der Waals surface area contributed by atoms with Gasteiger partial charge in [0.25, 0.3) is 0 Å². The maximum Gasteiger partial charge on any atom is 0.0618 e. The molecular formula is C54H35N3. The second-order valence-corrected chi connectivity index (χ2v) is 14.9. The van der Waals surface area contributed by atoms with Crippen LogP contribution in [0.2, 0.25) is 0 Å². The SMILES string of the molecule is c1ccc(-c2cccc(-c3cccc(-n4c5ccccc5c5cc6c7ccccc7n(-c7ccccc7)c6cc54)c3)c2-n2c3ccccc3c3ccccc32)cc1. The molecule has 12 aromatic rings. The van der Waals surface area contributed by atoms with Crippen molar-refractivity contribution in [3.05, 3.63) is 212 Å². The Bertz CT molecular complexity index is 3460. The summed E-state index contributed by atoms with van der Waals surface area (Å²) in [6.45, 7) is 0. The van der Waals surface area contributed by atoms with E-state index in [2.05, 4.69) is 226 Å². The van der Waals surface area contributed by atoms with Crippen molar-refractivity contribution >= 4 is 65.4 Å². The summed E-state index contributed by atoms with van der Waals surface area (Å²) < 4.78 is 7.35. The van der Waals surface area contributed by atoms with Gasteiger partial charge in [-0.1, -0.05) is 152 Å². The van der Waals surface area contributed by atoms with Crippen molar-refractivity contribution in [2.45, 2.75) is 0 Å². The third kappa shape index (κ3) is 4.73. The van der Waals surface area contributed by atoms with E-state index >= 15 is 0 Å². The molecule has 0 aliphatic heterocycles. The van der Waals surface area contributed by atoms with Crippen molar-refractivity contribution in [1.82, 2.24) is 13.7 Å². The molecule has 0 saturated heterocycles. The largest absolute Gasteiger partial charge is 0.309 e. The topological polar surface area (TPSA) is 14.8 Å². The second kappa shape index (κ2) is 12.5. The van der Waals surface area contributed by atoms with Gasteiger partial charge in [0.2, 0.25) is 0 Å². The Balaban J connectivity index is 1.15. The van der Waals surface area contributed by atoms with Crippen LogP contribution in [-0.2, 0) is 0 Å². The molecule has 9 aromatic carbocycles. The van der Waals surface area contributed by atoms with E-state index in [1.807, 2.05) is 0 Å². The lowest BCUT2D eigenvalue weighted by molar-refractivity contribution is 1.16. The van der Waals surface area contributed by atoms with Crippen molar-refractivity contribution in [2.75, 3.05) is 0 Å². The van der Waals surface area contributed by atoms with Gasteiger partial charge in [-0.25, -0.2) is 0 Å². The smallest absolute Gasteiger partial charge is 0.0618 e. The molecule has 12 rings (SSSR count). The van der Waals surface area contributed by atoms with Crippen LogP contribution >= 0.6 is 0 Å². The van der Waals surface area contributed by atoms with Gasteiger partial charge in [-0.15, -0.1) is 0 Å². The zero-order valence-corrected chi connectivity index (χ0v) is 31.0. The molecule has 3 heterocycles. The summed E-state index contributed by atoms with van der Waals surface area (Å²) in [7, 11) is 0. The highest BCUT2D eigenvalue weighted by Crippen LogP contribution is 2.43. The van der Waals surface area contributed by atoms with Gasteiger partial charge in [0.1, 0.15) is 0 Å². The van der Waals surface area contributed by atoms with E-state index in [1.54, 1.807) is 0 Å². The standard InChI is InChI=1S/C54H35N3/c1-3-17-36(18-4-1)40-27-16-28-41(54(40)57-50-31-13-7-23-42(50)43-24-8-14-32-51(43)57)37-19-15-22-39(33-37)56-49-30-12-10-26-45(49)47-34-46-44-25-9-11-29-48(44)55(52(46)35-53(47)56)38-20-5-2-6-21-38/h1-35H. The fraction of sp³-hybridized carbons (Fsp3) is 0. The van der Waals surface area contributed by atoms with Crippen LogP contribution in [0.15, 0.2) is 212 Å². The van der Waals surface area contributed by atoms with Crippen LogP contribution in [0.3, 0.4) is 0 Å². The van der Waals surface area contributed by atoms with Crippen LogP contribution in [-0.4, -0.2) is 13.7 Å². The Morgan fingerprint density at radius 2 is 0.632 bits per heavy atom. The van der Waals surface area contributed by atoms with Crippen LogP contribution < -0.4 is 0 Å². The van der Waals surface area contributed by atoms with Gasteiger partial charge >= 0.3 is 0 Å². The van der Waals surface area contributed by atoms with E-state index in [1.165, 1.54) is 87.8 Å². The van der Waals surface area contributed by atoms with Gasteiger partial charge in [0, 0.05) is 54.8 Å². The summed E-state index contributed by atoms with van der Waals surface area (Å²) in [6.07, 6.45) is 0. The van der Waals surface area contributed by atoms with Crippen LogP contribution in [0.4, 0.5) is 0 Å². The highest BCUT2D eigenvalue weighted by atomic mass is 15.0. The zero-order valence-electron chi connectivity index (χ0n) is 31.0. The van der Waals surface area contributed by atoms with Gasteiger partial charge in [0.05, 0.1) is 38.8 Å². The molecule has 0 amide bonds. The number of para-hydroxylation sites is 6. The minimum Gasteiger partial charge on any atom is -0.309 e. The highest BCUT2D eigenvalue weighted by molar-refractivity contribution is 6.19. The number of aromatic nitrogens is 3. The van der Waals surface area contributed by atoms with Crippen LogP contribution in [0.25, 0.3) is 105 Å². The lowest BCUT2D eigenvalue weighted by atomic mass is 9.95. The number of benzene rings is 9. The summed E-state index contributed by atoms with van der Waals surface area (Å²) in [5.74, 6) is 0. The van der Waals surface area contributed by atoms with E-state index in [4.69, 9.17) is 0 Å². The Hall–Kier alpha value is -7.62. The predicted octanol–water partition coefficient (Wildman–Crippen LogP) is 14.3. The van der Waals surface area contributed by atoms with E-state index in [0.717, 1.165) is 16.9 Å². The lowest BCUT2D eigenvalue weighted by Crippen LogP contribution is -2.01. The molecule has 0 spiro atoms. The van der Waals surface area contributed by atoms with Gasteiger partial charge in [-0.2, -0.15) is 0 Å². The first-order valence-electron chi connectivity index (χ1n) is 19.6. The maximum atomic E-state index is 2.48. The molecular weight excluding hydrogens is 691 g/mol. The summed E-state index contributed by atoms with van der Waals surface area (Å²) in [5, 5.41) is 7.50. The van der Waals surface area contributed by atoms with Gasteiger partial charge in [0.15, 0.2) is 0 Å². The summed E-state index contributed by atoms with van der Waals surface area (Å²) in [6, 6.07) is 77.5. The number of fused-ring (bicyclic) bond motifs is 9. The number of hydrogen-bond acceptors (Lipinski definition) is 0. The summed E-state index contributed by atoms with van der Waals surface area (Å²) in [5.41, 5.74) is 15.3. The molecule has 0 fully saturated rings. The molecule has 0 radical (unpaired) electrons. The molecule has 3 nitrogen and oxygen atoms in total. The third-order valence-corrected chi connectivity index (χ3v) is 11.8. The molecule has 3 heteroatoms. The lowest BCUT2D eigenvalue weighted by Gasteiger charge is -2.20. The van der Waals surface area contributed by atoms with Crippen molar-refractivity contribution in [3.8, 4) is 39.3 Å². The zero-order chi connectivity index (χ0) is 37.5. The average molecular weight is 726 g/mol. The second-order valence-electron chi connectivity index (χ2n) is 14.9. The molecule has 0 aliphatic rings. The Labute approximate surface area is 329 Å². The molecule has 0 bridgehead atoms. The summed E-state index contributed by atoms with van der Waals surface area (Å²) in [4.78, 5) is 0. The number of rotatable bonds is 5. The Kier molecular flexibility index (Phi) is 6.93. The maximum absolute atomic E-state index is 2.48. The number of nitrogens with zero attached hydrogens (tertiary/aromatic N) is 3. The quantitative estimate of drug-likeness (QED) is 0.168. The van der Waals surface area contributed by atoms with Crippen molar-refractivity contribution < 1.29 is 0 Å². The van der Waals surface area contributed by atoms with Crippen molar-refractivity contribution in [1.29, 1.82) is 0 Å². The first kappa shape index (κ1) is 31.7. The van der Waals surface area contributed by atoms with E-state index < -0.39 is 0 Å². The fourth-order valence-electron chi connectivity index (χ4n) is 9.41. The molecule has 3 aromatic heterocycles. The molecule has 0 N–H and O–H groups in total. The monoisotopic (exact) mass is 725 g/mol. The molecule has 0 atom stereocenters. The van der Waals surface area contributed by atoms with Crippen LogP contribution in [0.1, 0.15) is 0 Å². The molecule has 0 unspecified atom stereocenters. The van der Waals surface area contributed by atoms with Gasteiger partial charge in [-0.05, 0) is 71.8 Å². The van der Waals surface area contributed by atoms with Crippen molar-refractivity contribution in [2.24, 2.45) is 0 Å². The molecule has 0 saturated carbocycles. The average Bonchev–Trinajstić information content (AvgIpc) is 3.91. The predicted molar refractivity (Wildman–Crippen MR) is 240 cm³/mol.